The second-order valence-electron chi connectivity index (χ2n) is 6.99. The van der Waals surface area contributed by atoms with Crippen molar-refractivity contribution in [3.05, 3.63) is 35.3 Å². The summed E-state index contributed by atoms with van der Waals surface area (Å²) in [5.41, 5.74) is 1.01. The van der Waals surface area contributed by atoms with Gasteiger partial charge in [0.2, 0.25) is 5.91 Å². The summed E-state index contributed by atoms with van der Waals surface area (Å²) in [7, 11) is 1.14. The van der Waals surface area contributed by atoms with E-state index >= 15 is 0 Å². The van der Waals surface area contributed by atoms with Crippen molar-refractivity contribution in [2.24, 2.45) is 0 Å². The standard InChI is InChI=1S/C18H26BNO4/c1-13(21)20-12-15(11-14-7-9-16(22-6)10-8-14)19-23-17(2,3)18(4,5)24-19/h7-11H,12H2,1-6H3,(H,20,21). The maximum atomic E-state index is 11.3. The number of hydrogen-bond acceptors (Lipinski definition) is 4. The fraction of sp³-hybridized carbons (Fsp3) is 0.500. The highest BCUT2D eigenvalue weighted by atomic mass is 16.7. The molecule has 0 bridgehead atoms. The highest BCUT2D eigenvalue weighted by Crippen LogP contribution is 2.38. The number of nitrogens with one attached hydrogen (secondary N) is 1. The third-order valence-corrected chi connectivity index (χ3v) is 4.57. The lowest BCUT2D eigenvalue weighted by Gasteiger charge is -2.32. The molecule has 1 N–H and O–H groups in total. The Morgan fingerprint density at radius 2 is 1.71 bits per heavy atom. The van der Waals surface area contributed by atoms with Gasteiger partial charge in [-0.1, -0.05) is 18.2 Å². The molecule has 130 valence electrons. The molecule has 0 aromatic heterocycles. The molecule has 1 aliphatic rings. The van der Waals surface area contributed by atoms with Gasteiger partial charge in [0.1, 0.15) is 5.75 Å². The van der Waals surface area contributed by atoms with E-state index in [1.807, 2.05) is 58.0 Å². The normalized spacial score (nSPS) is 19.2. The maximum absolute atomic E-state index is 11.3. The van der Waals surface area contributed by atoms with Crippen LogP contribution in [-0.4, -0.2) is 37.9 Å². The molecule has 6 heteroatoms. The summed E-state index contributed by atoms with van der Waals surface area (Å²) in [5.74, 6) is 0.707. The van der Waals surface area contributed by atoms with Crippen LogP contribution < -0.4 is 10.1 Å². The van der Waals surface area contributed by atoms with Gasteiger partial charge in [0, 0.05) is 13.5 Å². The Morgan fingerprint density at radius 1 is 1.17 bits per heavy atom. The number of hydrogen-bond donors (Lipinski definition) is 1. The molecule has 24 heavy (non-hydrogen) atoms. The largest absolute Gasteiger partial charge is 0.497 e. The molecule has 1 aromatic rings. The van der Waals surface area contributed by atoms with E-state index in [-0.39, 0.29) is 5.91 Å². The summed E-state index contributed by atoms with van der Waals surface area (Å²) in [5, 5.41) is 2.83. The number of ether oxygens (including phenoxy) is 1. The predicted octanol–water partition coefficient (Wildman–Crippen LogP) is 2.85. The molecule has 1 aromatic carbocycles. The van der Waals surface area contributed by atoms with E-state index in [1.54, 1.807) is 7.11 Å². The lowest BCUT2D eigenvalue weighted by Crippen LogP contribution is -2.41. The number of amides is 1. The minimum absolute atomic E-state index is 0.0906. The molecule has 1 heterocycles. The van der Waals surface area contributed by atoms with E-state index < -0.39 is 18.3 Å². The lowest BCUT2D eigenvalue weighted by molar-refractivity contribution is -0.118. The number of carbonyl (C=O) groups is 1. The van der Waals surface area contributed by atoms with Crippen LogP contribution in [0.25, 0.3) is 6.08 Å². The number of benzene rings is 1. The van der Waals surface area contributed by atoms with Crippen molar-refractivity contribution in [3.63, 3.8) is 0 Å². The molecule has 0 radical (unpaired) electrons. The second-order valence-corrected chi connectivity index (χ2v) is 6.99. The summed E-state index contributed by atoms with van der Waals surface area (Å²) in [6.07, 6.45) is 1.98. The van der Waals surface area contributed by atoms with Crippen molar-refractivity contribution in [1.82, 2.24) is 5.32 Å². The Balaban J connectivity index is 2.27. The minimum Gasteiger partial charge on any atom is -0.497 e. The summed E-state index contributed by atoms with van der Waals surface area (Å²) in [4.78, 5) is 11.3. The van der Waals surface area contributed by atoms with Crippen molar-refractivity contribution in [2.45, 2.75) is 45.8 Å². The first-order valence-electron chi connectivity index (χ1n) is 8.09. The van der Waals surface area contributed by atoms with E-state index in [2.05, 4.69) is 5.32 Å². The first-order chi connectivity index (χ1) is 11.1. The second kappa shape index (κ2) is 6.99. The van der Waals surface area contributed by atoms with E-state index in [0.29, 0.717) is 6.54 Å². The number of rotatable bonds is 5. The van der Waals surface area contributed by atoms with Crippen LogP contribution in [0.3, 0.4) is 0 Å². The molecular formula is C18H26BNO4. The van der Waals surface area contributed by atoms with Crippen LogP contribution >= 0.6 is 0 Å². The van der Waals surface area contributed by atoms with Gasteiger partial charge in [-0.25, -0.2) is 0 Å². The topological polar surface area (TPSA) is 56.8 Å². The van der Waals surface area contributed by atoms with Crippen molar-refractivity contribution >= 4 is 19.1 Å². The fourth-order valence-electron chi connectivity index (χ4n) is 2.34. The van der Waals surface area contributed by atoms with Gasteiger partial charge in [-0.05, 0) is 50.9 Å². The zero-order valence-corrected chi connectivity index (χ0v) is 15.3. The molecule has 2 rings (SSSR count). The van der Waals surface area contributed by atoms with Crippen LogP contribution in [0.2, 0.25) is 0 Å². The SMILES string of the molecule is COc1ccc(C=C(CNC(C)=O)B2OC(C)(C)C(C)(C)O2)cc1. The average Bonchev–Trinajstić information content (AvgIpc) is 2.72. The predicted molar refractivity (Wildman–Crippen MR) is 95.7 cm³/mol. The molecule has 1 amide bonds. The highest BCUT2D eigenvalue weighted by Gasteiger charge is 2.52. The van der Waals surface area contributed by atoms with Gasteiger partial charge in [0.25, 0.3) is 0 Å². The Morgan fingerprint density at radius 3 is 2.17 bits per heavy atom. The molecule has 0 saturated carbocycles. The van der Waals surface area contributed by atoms with Gasteiger partial charge in [-0.15, -0.1) is 0 Å². The maximum Gasteiger partial charge on any atom is 0.492 e. The van der Waals surface area contributed by atoms with Crippen LogP contribution in [0.1, 0.15) is 40.2 Å². The summed E-state index contributed by atoms with van der Waals surface area (Å²) in [6.45, 7) is 9.91. The molecule has 5 nitrogen and oxygen atoms in total. The molecule has 1 saturated heterocycles. The van der Waals surface area contributed by atoms with Gasteiger partial charge < -0.3 is 19.4 Å². The zero-order valence-electron chi connectivity index (χ0n) is 15.3. The van der Waals surface area contributed by atoms with E-state index in [4.69, 9.17) is 14.0 Å². The van der Waals surface area contributed by atoms with Crippen LogP contribution in [0.4, 0.5) is 0 Å². The van der Waals surface area contributed by atoms with Crippen molar-refractivity contribution in [3.8, 4) is 5.75 Å². The summed E-state index contributed by atoms with van der Waals surface area (Å²) in [6, 6.07) is 7.70. The van der Waals surface area contributed by atoms with Crippen LogP contribution in [0.15, 0.2) is 29.7 Å². The van der Waals surface area contributed by atoms with Gasteiger partial charge in [-0.3, -0.25) is 4.79 Å². The summed E-state index contributed by atoms with van der Waals surface area (Å²) < 4.78 is 17.4. The van der Waals surface area contributed by atoms with E-state index in [0.717, 1.165) is 16.8 Å². The molecule has 0 aliphatic carbocycles. The lowest BCUT2D eigenvalue weighted by atomic mass is 9.77. The molecule has 1 aliphatic heterocycles. The minimum atomic E-state index is -0.496. The first kappa shape index (κ1) is 18.6. The third kappa shape index (κ3) is 4.19. The van der Waals surface area contributed by atoms with Crippen LogP contribution in [0, 0.1) is 0 Å². The smallest absolute Gasteiger partial charge is 0.492 e. The van der Waals surface area contributed by atoms with E-state index in [1.165, 1.54) is 6.92 Å². The quantitative estimate of drug-likeness (QED) is 0.843. The number of carbonyl (C=O) groups excluding carboxylic acids is 1. The van der Waals surface area contributed by atoms with E-state index in [9.17, 15) is 4.79 Å². The van der Waals surface area contributed by atoms with Crippen molar-refractivity contribution in [1.29, 1.82) is 0 Å². The number of methoxy groups -OCH3 is 1. The van der Waals surface area contributed by atoms with Gasteiger partial charge >= 0.3 is 7.12 Å². The molecule has 0 spiro atoms. The highest BCUT2D eigenvalue weighted by molar-refractivity contribution is 6.56. The Hall–Kier alpha value is -1.79. The molecule has 1 fully saturated rings. The average molecular weight is 331 g/mol. The van der Waals surface area contributed by atoms with Crippen LogP contribution in [-0.2, 0) is 14.1 Å². The first-order valence-corrected chi connectivity index (χ1v) is 8.09. The molecule has 0 atom stereocenters. The Bertz CT molecular complexity index is 606. The van der Waals surface area contributed by atoms with Gasteiger partial charge in [0.05, 0.1) is 18.3 Å². The third-order valence-electron chi connectivity index (χ3n) is 4.57. The Kier molecular flexibility index (Phi) is 5.40. The van der Waals surface area contributed by atoms with Crippen molar-refractivity contribution < 1.29 is 18.8 Å². The van der Waals surface area contributed by atoms with Crippen molar-refractivity contribution in [2.75, 3.05) is 13.7 Å². The Labute approximate surface area is 144 Å². The monoisotopic (exact) mass is 331 g/mol. The van der Waals surface area contributed by atoms with Gasteiger partial charge in [-0.2, -0.15) is 0 Å². The zero-order chi connectivity index (χ0) is 18.0. The van der Waals surface area contributed by atoms with Crippen LogP contribution in [0.5, 0.6) is 5.75 Å². The molecular weight excluding hydrogens is 305 g/mol. The summed E-state index contributed by atoms with van der Waals surface area (Å²) >= 11 is 0. The van der Waals surface area contributed by atoms with Gasteiger partial charge in [0.15, 0.2) is 0 Å². The fourth-order valence-corrected chi connectivity index (χ4v) is 2.34. The molecule has 0 unspecified atom stereocenters.